The van der Waals surface area contributed by atoms with Gasteiger partial charge < -0.3 is 19.9 Å². The van der Waals surface area contributed by atoms with Gasteiger partial charge in [0.15, 0.2) is 0 Å². The number of hydrogen-bond acceptors (Lipinski definition) is 5. The van der Waals surface area contributed by atoms with Crippen molar-refractivity contribution in [3.63, 3.8) is 0 Å². The van der Waals surface area contributed by atoms with Crippen LogP contribution >= 0.6 is 11.6 Å². The molecule has 1 atom stereocenters. The van der Waals surface area contributed by atoms with Gasteiger partial charge in [0.05, 0.1) is 12.1 Å². The van der Waals surface area contributed by atoms with E-state index in [1.54, 1.807) is 7.11 Å². The minimum atomic E-state index is -0.331. The molecular formula is C27H30ClN5O2. The smallest absolute Gasteiger partial charge is 0.242 e. The van der Waals surface area contributed by atoms with Crippen LogP contribution in [0.15, 0.2) is 54.7 Å². The number of carbonyl (C=O) groups excluding carboxylic acids is 1. The largest absolute Gasteiger partial charge is 0.385 e. The Kier molecular flexibility index (Phi) is 6.90. The Hall–Kier alpha value is -3.13. The third kappa shape index (κ3) is 4.98. The molecule has 182 valence electrons. The molecule has 2 aromatic carbocycles. The minimum absolute atomic E-state index is 0.0895. The van der Waals surface area contributed by atoms with Crippen LogP contribution in [-0.4, -0.2) is 65.1 Å². The van der Waals surface area contributed by atoms with Gasteiger partial charge in [-0.1, -0.05) is 23.7 Å². The predicted octanol–water partition coefficient (Wildman–Crippen LogP) is 4.66. The topological polar surface area (TPSA) is 73.5 Å². The van der Waals surface area contributed by atoms with Crippen molar-refractivity contribution in [1.29, 1.82) is 0 Å². The average Bonchev–Trinajstić information content (AvgIpc) is 3.25. The van der Waals surface area contributed by atoms with E-state index in [1.807, 2.05) is 35.4 Å². The summed E-state index contributed by atoms with van der Waals surface area (Å²) in [5, 5.41) is 6.26. The second-order valence-corrected chi connectivity index (χ2v) is 9.40. The first-order valence-corrected chi connectivity index (χ1v) is 12.3. The van der Waals surface area contributed by atoms with Crippen molar-refractivity contribution in [2.24, 2.45) is 0 Å². The maximum atomic E-state index is 13.5. The Bertz CT molecular complexity index is 1350. The van der Waals surface area contributed by atoms with E-state index in [1.165, 1.54) is 0 Å². The van der Waals surface area contributed by atoms with Gasteiger partial charge in [-0.15, -0.1) is 0 Å². The number of aromatic amines is 1. The summed E-state index contributed by atoms with van der Waals surface area (Å²) in [6.07, 6.45) is 1.82. The molecule has 8 heteroatoms. The Morgan fingerprint density at radius 3 is 2.86 bits per heavy atom. The molecule has 7 nitrogen and oxygen atoms in total. The first kappa shape index (κ1) is 23.6. The first-order chi connectivity index (χ1) is 17.1. The van der Waals surface area contributed by atoms with Gasteiger partial charge in [0.1, 0.15) is 6.04 Å². The average molecular weight is 492 g/mol. The first-order valence-electron chi connectivity index (χ1n) is 12.0. The van der Waals surface area contributed by atoms with E-state index >= 15 is 0 Å². The number of methoxy groups -OCH3 is 1. The summed E-state index contributed by atoms with van der Waals surface area (Å²) in [6.45, 7) is 5.92. The number of hydrogen-bond donors (Lipinski definition) is 2. The highest BCUT2D eigenvalue weighted by molar-refractivity contribution is 6.31. The number of carbonyl (C=O) groups is 1. The van der Waals surface area contributed by atoms with Crippen LogP contribution in [0.4, 0.5) is 5.69 Å². The van der Waals surface area contributed by atoms with Crippen LogP contribution in [0.25, 0.3) is 21.8 Å². The summed E-state index contributed by atoms with van der Waals surface area (Å²) >= 11 is 6.14. The molecule has 2 N–H and O–H groups in total. The van der Waals surface area contributed by atoms with Crippen molar-refractivity contribution >= 4 is 45.0 Å². The zero-order valence-electron chi connectivity index (χ0n) is 20.1. The van der Waals surface area contributed by atoms with Crippen molar-refractivity contribution < 1.29 is 9.53 Å². The fourth-order valence-corrected chi connectivity index (χ4v) is 5.07. The van der Waals surface area contributed by atoms with Crippen molar-refractivity contribution in [3.8, 4) is 0 Å². The van der Waals surface area contributed by atoms with Crippen LogP contribution in [0.3, 0.4) is 0 Å². The third-order valence-electron chi connectivity index (χ3n) is 6.58. The van der Waals surface area contributed by atoms with Gasteiger partial charge in [0.2, 0.25) is 5.91 Å². The summed E-state index contributed by atoms with van der Waals surface area (Å²) in [7, 11) is 1.65. The molecule has 0 aliphatic carbocycles. The van der Waals surface area contributed by atoms with Crippen molar-refractivity contribution in [1.82, 2.24) is 19.8 Å². The number of nitrogens with zero attached hydrogens (tertiary/aromatic N) is 3. The molecule has 3 heterocycles. The van der Waals surface area contributed by atoms with E-state index in [4.69, 9.17) is 16.3 Å². The van der Waals surface area contributed by atoms with Crippen LogP contribution in [0, 0.1) is 0 Å². The molecule has 1 aliphatic rings. The fraction of sp³-hybridized carbons (Fsp3) is 0.333. The molecule has 0 saturated carbocycles. The van der Waals surface area contributed by atoms with Crippen molar-refractivity contribution in [3.05, 3.63) is 71.0 Å². The van der Waals surface area contributed by atoms with Gasteiger partial charge in [-0.2, -0.15) is 0 Å². The monoisotopic (exact) mass is 491 g/mol. The van der Waals surface area contributed by atoms with Crippen molar-refractivity contribution in [2.75, 3.05) is 38.7 Å². The molecule has 1 saturated heterocycles. The molecule has 2 aromatic heterocycles. The van der Waals surface area contributed by atoms with E-state index < -0.39 is 0 Å². The lowest BCUT2D eigenvalue weighted by atomic mass is 10.1. The number of ether oxygens (including phenoxy) is 1. The van der Waals surface area contributed by atoms with Crippen LogP contribution in [0.2, 0.25) is 5.02 Å². The number of halogens is 1. The molecule has 1 fully saturated rings. The summed E-state index contributed by atoms with van der Waals surface area (Å²) in [6, 6.07) is 15.8. The zero-order chi connectivity index (χ0) is 24.4. The van der Waals surface area contributed by atoms with E-state index in [2.05, 4.69) is 51.4 Å². The molecule has 0 unspecified atom stereocenters. The van der Waals surface area contributed by atoms with Gasteiger partial charge in [-0.3, -0.25) is 14.7 Å². The standard InChI is InChI=1S/C27H30ClN5O2/c1-3-29-24-8-9-30-25-12-18(4-6-22(24)25)15-33-11-10-32(26(17-35-2)27(33)34)16-21-14-19-13-20(28)5-7-23(19)31-21/h4-9,12-14,26,31H,3,10-11,15-17H2,1-2H3,(H,29,30)/t26-/m0/s1. The molecule has 0 radical (unpaired) electrons. The highest BCUT2D eigenvalue weighted by Gasteiger charge is 2.35. The van der Waals surface area contributed by atoms with Crippen molar-refractivity contribution in [2.45, 2.75) is 26.1 Å². The lowest BCUT2D eigenvalue weighted by Crippen LogP contribution is -2.57. The Morgan fingerprint density at radius 2 is 2.03 bits per heavy atom. The van der Waals surface area contributed by atoms with E-state index in [-0.39, 0.29) is 11.9 Å². The Balaban J connectivity index is 1.32. The zero-order valence-corrected chi connectivity index (χ0v) is 20.8. The molecule has 0 bridgehead atoms. The molecule has 35 heavy (non-hydrogen) atoms. The molecule has 1 aliphatic heterocycles. The van der Waals surface area contributed by atoms with Gasteiger partial charge in [-0.25, -0.2) is 0 Å². The van der Waals surface area contributed by atoms with Gasteiger partial charge in [-0.05, 0) is 48.9 Å². The number of piperazine rings is 1. The molecule has 1 amide bonds. The lowest BCUT2D eigenvalue weighted by molar-refractivity contribution is -0.145. The lowest BCUT2D eigenvalue weighted by Gasteiger charge is -2.40. The molecule has 4 aromatic rings. The van der Waals surface area contributed by atoms with E-state index in [0.717, 1.165) is 51.8 Å². The van der Waals surface area contributed by atoms with Crippen LogP contribution in [0.1, 0.15) is 18.2 Å². The van der Waals surface area contributed by atoms with Crippen LogP contribution < -0.4 is 5.32 Å². The summed E-state index contributed by atoms with van der Waals surface area (Å²) in [5.41, 5.74) is 5.18. The predicted molar refractivity (Wildman–Crippen MR) is 141 cm³/mol. The van der Waals surface area contributed by atoms with Gasteiger partial charge in [0, 0.05) is 78.7 Å². The number of rotatable bonds is 8. The number of H-pyrrole nitrogens is 1. The number of aromatic nitrogens is 2. The molecule has 0 spiro atoms. The molecule has 5 rings (SSSR count). The molecular weight excluding hydrogens is 462 g/mol. The van der Waals surface area contributed by atoms with E-state index in [9.17, 15) is 4.79 Å². The number of benzene rings is 2. The maximum Gasteiger partial charge on any atom is 0.242 e. The number of pyridine rings is 1. The SMILES string of the molecule is CCNc1ccnc2cc(CN3CCN(Cc4cc5cc(Cl)ccc5[nH]4)[C@@H](COC)C3=O)ccc12. The summed E-state index contributed by atoms with van der Waals surface area (Å²) in [4.78, 5) is 25.6. The highest BCUT2D eigenvalue weighted by atomic mass is 35.5. The Morgan fingerprint density at radius 1 is 1.14 bits per heavy atom. The van der Waals surface area contributed by atoms with Gasteiger partial charge >= 0.3 is 0 Å². The van der Waals surface area contributed by atoms with Gasteiger partial charge in [0.25, 0.3) is 0 Å². The summed E-state index contributed by atoms with van der Waals surface area (Å²) < 4.78 is 5.45. The number of nitrogens with one attached hydrogen (secondary N) is 2. The minimum Gasteiger partial charge on any atom is -0.385 e. The second kappa shape index (κ2) is 10.2. The third-order valence-corrected chi connectivity index (χ3v) is 6.81. The van der Waals surface area contributed by atoms with Crippen LogP contribution in [0.5, 0.6) is 0 Å². The number of fused-ring (bicyclic) bond motifs is 2. The second-order valence-electron chi connectivity index (χ2n) is 8.97. The van der Waals surface area contributed by atoms with E-state index in [0.29, 0.717) is 31.3 Å². The normalized spacial score (nSPS) is 16.9. The fourth-order valence-electron chi connectivity index (χ4n) is 4.89. The quantitative estimate of drug-likeness (QED) is 0.375. The van der Waals surface area contributed by atoms with Crippen LogP contribution in [-0.2, 0) is 22.6 Å². The maximum absolute atomic E-state index is 13.5. The summed E-state index contributed by atoms with van der Waals surface area (Å²) in [5.74, 6) is 0.0895. The Labute approximate surface area is 210 Å². The number of anilines is 1. The number of amides is 1. The highest BCUT2D eigenvalue weighted by Crippen LogP contribution is 2.25.